The molecule has 1 aromatic heterocycles. The normalized spacial score (nSPS) is 27.0. The first-order chi connectivity index (χ1) is 11.6. The van der Waals surface area contributed by atoms with Crippen molar-refractivity contribution in [3.8, 4) is 0 Å². The van der Waals surface area contributed by atoms with E-state index in [1.807, 2.05) is 0 Å². The fraction of sp³-hybridized carbons (Fsp3) is 0.476. The second-order valence-electron chi connectivity index (χ2n) is 7.18. The van der Waals surface area contributed by atoms with E-state index in [1.165, 1.54) is 28.5 Å². The van der Waals surface area contributed by atoms with Crippen LogP contribution in [0.2, 0.25) is 0 Å². The Labute approximate surface area is 143 Å². The summed E-state index contributed by atoms with van der Waals surface area (Å²) in [6, 6.07) is 8.44. The molecule has 4 rings (SSSR count). The number of methoxy groups -OCH3 is 1. The first-order valence-electron chi connectivity index (χ1n) is 9.01. The molecule has 0 amide bonds. The van der Waals surface area contributed by atoms with Gasteiger partial charge in [0.1, 0.15) is 0 Å². The SMILES string of the molecule is CCC1=C(OC)C(=O)[C@]2(c3cn(C)c4ccccc34)CCCC[C@H]12. The van der Waals surface area contributed by atoms with E-state index in [-0.39, 0.29) is 5.78 Å². The standard InChI is InChI=1S/C21H25NO2/c1-4-14-16-10-7-8-12-21(16,20(23)19(14)24-3)17-13-22(2)18-11-6-5-9-15(17)18/h5-6,9,11,13,16H,4,7-8,10,12H2,1-3H3/t16-,21-/m1/s1. The lowest BCUT2D eigenvalue weighted by Crippen LogP contribution is -2.41. The van der Waals surface area contributed by atoms with Crippen LogP contribution in [-0.2, 0) is 22.0 Å². The van der Waals surface area contributed by atoms with Crippen LogP contribution in [0.25, 0.3) is 10.9 Å². The number of aromatic nitrogens is 1. The molecule has 0 spiro atoms. The Balaban J connectivity index is 1.99. The molecule has 1 aromatic carbocycles. The summed E-state index contributed by atoms with van der Waals surface area (Å²) in [5.41, 5.74) is 3.21. The number of hydrogen-bond acceptors (Lipinski definition) is 2. The molecule has 2 aliphatic carbocycles. The van der Waals surface area contributed by atoms with Gasteiger partial charge in [0.25, 0.3) is 0 Å². The molecule has 1 heterocycles. The number of allylic oxidation sites excluding steroid dienone is 2. The first kappa shape index (κ1) is 15.5. The molecule has 3 heteroatoms. The molecule has 0 radical (unpaired) electrons. The van der Waals surface area contributed by atoms with Crippen molar-refractivity contribution in [3.63, 3.8) is 0 Å². The number of ether oxygens (including phenoxy) is 1. The predicted octanol–water partition coefficient (Wildman–Crippen LogP) is 4.50. The third-order valence-electron chi connectivity index (χ3n) is 6.20. The van der Waals surface area contributed by atoms with Gasteiger partial charge in [0.15, 0.2) is 5.76 Å². The number of para-hydroxylation sites is 1. The van der Waals surface area contributed by atoms with Gasteiger partial charge in [-0.05, 0) is 36.5 Å². The van der Waals surface area contributed by atoms with Crippen LogP contribution in [0.15, 0.2) is 41.8 Å². The molecule has 2 aromatic rings. The fourth-order valence-corrected chi connectivity index (χ4v) is 5.20. The molecule has 1 saturated carbocycles. The van der Waals surface area contributed by atoms with Crippen molar-refractivity contribution in [3.05, 3.63) is 47.4 Å². The zero-order chi connectivity index (χ0) is 16.9. The molecular weight excluding hydrogens is 298 g/mol. The van der Waals surface area contributed by atoms with E-state index in [0.717, 1.165) is 25.7 Å². The Morgan fingerprint density at radius 2 is 2.08 bits per heavy atom. The topological polar surface area (TPSA) is 31.2 Å². The van der Waals surface area contributed by atoms with Crippen LogP contribution in [0.3, 0.4) is 0 Å². The number of benzene rings is 1. The van der Waals surface area contributed by atoms with Crippen LogP contribution >= 0.6 is 0 Å². The zero-order valence-corrected chi connectivity index (χ0v) is 14.8. The minimum atomic E-state index is -0.421. The van der Waals surface area contributed by atoms with Crippen molar-refractivity contribution in [2.24, 2.45) is 13.0 Å². The summed E-state index contributed by atoms with van der Waals surface area (Å²) in [6.07, 6.45) is 7.41. The molecule has 0 saturated heterocycles. The minimum Gasteiger partial charge on any atom is -0.493 e. The number of ketones is 1. The Bertz CT molecular complexity index is 845. The van der Waals surface area contributed by atoms with E-state index in [1.54, 1.807) is 7.11 Å². The number of carbonyl (C=O) groups excluding carboxylic acids is 1. The molecule has 0 N–H and O–H groups in total. The van der Waals surface area contributed by atoms with E-state index in [0.29, 0.717) is 11.7 Å². The number of Topliss-reactive ketones (excluding diaryl/α,β-unsaturated/α-hetero) is 1. The summed E-state index contributed by atoms with van der Waals surface area (Å²) in [7, 11) is 3.72. The van der Waals surface area contributed by atoms with Crippen LogP contribution in [0.4, 0.5) is 0 Å². The van der Waals surface area contributed by atoms with Gasteiger partial charge in [-0.15, -0.1) is 0 Å². The number of fused-ring (bicyclic) bond motifs is 2. The molecule has 3 nitrogen and oxygen atoms in total. The van der Waals surface area contributed by atoms with E-state index in [4.69, 9.17) is 4.74 Å². The number of rotatable bonds is 3. The van der Waals surface area contributed by atoms with Gasteiger partial charge in [0, 0.05) is 30.1 Å². The number of hydrogen-bond donors (Lipinski definition) is 0. The van der Waals surface area contributed by atoms with Crippen molar-refractivity contribution in [2.45, 2.75) is 44.4 Å². The maximum atomic E-state index is 13.5. The van der Waals surface area contributed by atoms with E-state index in [2.05, 4.69) is 49.0 Å². The Hall–Kier alpha value is -2.03. The van der Waals surface area contributed by atoms with E-state index < -0.39 is 5.41 Å². The summed E-state index contributed by atoms with van der Waals surface area (Å²) in [6.45, 7) is 2.15. The summed E-state index contributed by atoms with van der Waals surface area (Å²) in [5, 5.41) is 1.22. The van der Waals surface area contributed by atoms with Gasteiger partial charge in [-0.1, -0.05) is 38.0 Å². The summed E-state index contributed by atoms with van der Waals surface area (Å²) < 4.78 is 7.77. The van der Waals surface area contributed by atoms with Gasteiger partial charge in [-0.2, -0.15) is 0 Å². The Kier molecular flexibility index (Phi) is 3.56. The molecule has 2 atom stereocenters. The van der Waals surface area contributed by atoms with Crippen molar-refractivity contribution in [1.29, 1.82) is 0 Å². The van der Waals surface area contributed by atoms with Gasteiger partial charge in [-0.3, -0.25) is 4.79 Å². The summed E-state index contributed by atoms with van der Waals surface area (Å²) >= 11 is 0. The maximum absolute atomic E-state index is 13.5. The highest BCUT2D eigenvalue weighted by Crippen LogP contribution is 2.56. The van der Waals surface area contributed by atoms with Crippen LogP contribution < -0.4 is 0 Å². The molecule has 0 bridgehead atoms. The molecule has 24 heavy (non-hydrogen) atoms. The molecule has 2 aliphatic rings. The van der Waals surface area contributed by atoms with Crippen molar-refractivity contribution in [2.75, 3.05) is 7.11 Å². The van der Waals surface area contributed by atoms with Crippen LogP contribution in [0.1, 0.15) is 44.6 Å². The highest BCUT2D eigenvalue weighted by atomic mass is 16.5. The Morgan fingerprint density at radius 1 is 1.29 bits per heavy atom. The second kappa shape index (κ2) is 5.51. The molecule has 0 unspecified atom stereocenters. The van der Waals surface area contributed by atoms with Gasteiger partial charge in [0.2, 0.25) is 5.78 Å². The molecule has 0 aliphatic heterocycles. The molecule has 126 valence electrons. The lowest BCUT2D eigenvalue weighted by Gasteiger charge is -2.39. The lowest BCUT2D eigenvalue weighted by molar-refractivity contribution is -0.124. The van der Waals surface area contributed by atoms with Crippen molar-refractivity contribution in [1.82, 2.24) is 4.57 Å². The highest BCUT2D eigenvalue weighted by molar-refractivity contribution is 6.08. The van der Waals surface area contributed by atoms with Gasteiger partial charge in [0.05, 0.1) is 12.5 Å². The van der Waals surface area contributed by atoms with Crippen LogP contribution in [-0.4, -0.2) is 17.5 Å². The van der Waals surface area contributed by atoms with E-state index in [9.17, 15) is 4.79 Å². The van der Waals surface area contributed by atoms with Gasteiger partial charge in [-0.25, -0.2) is 0 Å². The largest absolute Gasteiger partial charge is 0.493 e. The average molecular weight is 323 g/mol. The number of nitrogens with zero attached hydrogens (tertiary/aromatic N) is 1. The minimum absolute atomic E-state index is 0.211. The number of aryl methyl sites for hydroxylation is 1. The Morgan fingerprint density at radius 3 is 2.83 bits per heavy atom. The zero-order valence-electron chi connectivity index (χ0n) is 14.8. The van der Waals surface area contributed by atoms with Crippen molar-refractivity contribution < 1.29 is 9.53 Å². The third-order valence-corrected chi connectivity index (χ3v) is 6.20. The monoisotopic (exact) mass is 323 g/mol. The highest BCUT2D eigenvalue weighted by Gasteiger charge is 2.57. The smallest absolute Gasteiger partial charge is 0.208 e. The van der Waals surface area contributed by atoms with Crippen LogP contribution in [0, 0.1) is 5.92 Å². The second-order valence-corrected chi connectivity index (χ2v) is 7.18. The van der Waals surface area contributed by atoms with E-state index >= 15 is 0 Å². The fourth-order valence-electron chi connectivity index (χ4n) is 5.20. The third kappa shape index (κ3) is 1.81. The lowest BCUT2D eigenvalue weighted by atomic mass is 9.61. The van der Waals surface area contributed by atoms with Gasteiger partial charge < -0.3 is 9.30 Å². The summed E-state index contributed by atoms with van der Waals surface area (Å²) in [4.78, 5) is 13.5. The summed E-state index contributed by atoms with van der Waals surface area (Å²) in [5.74, 6) is 1.14. The first-order valence-corrected chi connectivity index (χ1v) is 9.01. The van der Waals surface area contributed by atoms with Crippen LogP contribution in [0.5, 0.6) is 0 Å². The maximum Gasteiger partial charge on any atom is 0.208 e. The molecular formula is C21H25NO2. The van der Waals surface area contributed by atoms with Gasteiger partial charge >= 0.3 is 0 Å². The predicted molar refractivity (Wildman–Crippen MR) is 95.9 cm³/mol. The molecule has 1 fully saturated rings. The van der Waals surface area contributed by atoms with Crippen molar-refractivity contribution >= 4 is 16.7 Å². The average Bonchev–Trinajstić information content (AvgIpc) is 3.08. The quantitative estimate of drug-likeness (QED) is 0.833. The number of carbonyl (C=O) groups is 1.